The van der Waals surface area contributed by atoms with Gasteiger partial charge < -0.3 is 10.6 Å². The van der Waals surface area contributed by atoms with Crippen LogP contribution < -0.4 is 10.6 Å². The summed E-state index contributed by atoms with van der Waals surface area (Å²) < 4.78 is 13.1. The molecule has 5 heteroatoms. The summed E-state index contributed by atoms with van der Waals surface area (Å²) in [6.07, 6.45) is 0. The summed E-state index contributed by atoms with van der Waals surface area (Å²) in [5, 5.41) is 1.16. The fourth-order valence-corrected chi connectivity index (χ4v) is 3.09. The largest absolute Gasteiger partial charge is 0.363 e. The maximum atomic E-state index is 13.1. The molecule has 0 aliphatic heterocycles. The lowest BCUT2D eigenvalue weighted by molar-refractivity contribution is 0.622. The van der Waals surface area contributed by atoms with E-state index >= 15 is 0 Å². The third-order valence-electron chi connectivity index (χ3n) is 3.43. The van der Waals surface area contributed by atoms with E-state index in [4.69, 9.17) is 28.9 Å². The summed E-state index contributed by atoms with van der Waals surface area (Å²) in [5.74, 6) is -0.269. The van der Waals surface area contributed by atoms with E-state index in [0.717, 1.165) is 11.3 Å². The van der Waals surface area contributed by atoms with Gasteiger partial charge in [-0.25, -0.2) is 4.39 Å². The van der Waals surface area contributed by atoms with Crippen LogP contribution in [0.15, 0.2) is 42.5 Å². The van der Waals surface area contributed by atoms with E-state index in [1.165, 1.54) is 12.1 Å². The van der Waals surface area contributed by atoms with Gasteiger partial charge in [0, 0.05) is 34.4 Å². The maximum absolute atomic E-state index is 13.1. The van der Waals surface area contributed by atoms with Crippen LogP contribution in [0.5, 0.6) is 0 Å². The number of likely N-dealkylation sites (N-methyl/N-ethyl adjacent to an activating group) is 1. The van der Waals surface area contributed by atoms with E-state index in [1.807, 2.05) is 6.92 Å². The van der Waals surface area contributed by atoms with Gasteiger partial charge in [0.15, 0.2) is 0 Å². The molecule has 0 aliphatic rings. The minimum atomic E-state index is -0.269. The number of nitrogens with zero attached hydrogens (tertiary/aromatic N) is 1. The molecule has 0 radical (unpaired) electrons. The lowest BCUT2D eigenvalue weighted by Crippen LogP contribution is -2.34. The van der Waals surface area contributed by atoms with E-state index in [-0.39, 0.29) is 11.9 Å². The Kier molecular flexibility index (Phi) is 5.45. The number of hydrogen-bond acceptors (Lipinski definition) is 2. The van der Waals surface area contributed by atoms with Crippen LogP contribution in [-0.4, -0.2) is 13.1 Å². The molecule has 0 heterocycles. The number of nitrogens with two attached hydrogens (primary N) is 1. The first-order chi connectivity index (χ1) is 10.1. The van der Waals surface area contributed by atoms with Crippen molar-refractivity contribution >= 4 is 28.9 Å². The molecule has 2 rings (SSSR count). The van der Waals surface area contributed by atoms with Crippen molar-refractivity contribution in [1.29, 1.82) is 0 Å². The maximum Gasteiger partial charge on any atom is 0.123 e. The van der Waals surface area contributed by atoms with Crippen molar-refractivity contribution in [3.05, 3.63) is 63.9 Å². The van der Waals surface area contributed by atoms with Crippen LogP contribution in [0.25, 0.3) is 0 Å². The fourth-order valence-electron chi connectivity index (χ4n) is 2.45. The highest BCUT2D eigenvalue weighted by molar-refractivity contribution is 6.36. The lowest BCUT2D eigenvalue weighted by atomic mass is 10.0. The average Bonchev–Trinajstić information content (AvgIpc) is 2.47. The molecule has 1 unspecified atom stereocenters. The van der Waals surface area contributed by atoms with Gasteiger partial charge in [0.25, 0.3) is 0 Å². The molecule has 0 aliphatic carbocycles. The first-order valence-electron chi connectivity index (χ1n) is 6.74. The van der Waals surface area contributed by atoms with Gasteiger partial charge in [0.05, 0.1) is 6.04 Å². The topological polar surface area (TPSA) is 29.3 Å². The molecule has 1 atom stereocenters. The molecule has 112 valence electrons. The number of halogens is 3. The van der Waals surface area contributed by atoms with E-state index in [1.54, 1.807) is 30.3 Å². The lowest BCUT2D eigenvalue weighted by Gasteiger charge is -2.33. The van der Waals surface area contributed by atoms with Crippen LogP contribution in [-0.2, 0) is 0 Å². The molecule has 2 N–H and O–H groups in total. The van der Waals surface area contributed by atoms with Gasteiger partial charge >= 0.3 is 0 Å². The second-order valence-electron chi connectivity index (χ2n) is 4.65. The average molecular weight is 327 g/mol. The molecule has 0 bridgehead atoms. The fraction of sp³-hybridized carbons (Fsp3) is 0.250. The van der Waals surface area contributed by atoms with Gasteiger partial charge in [-0.3, -0.25) is 0 Å². The SMILES string of the molecule is CCN(c1ccc(F)cc1)C(CN)c1c(Cl)cccc1Cl. The molecule has 0 spiro atoms. The zero-order chi connectivity index (χ0) is 15.4. The first kappa shape index (κ1) is 16.1. The first-order valence-corrected chi connectivity index (χ1v) is 7.50. The predicted molar refractivity (Wildman–Crippen MR) is 87.7 cm³/mol. The van der Waals surface area contributed by atoms with Crippen molar-refractivity contribution in [1.82, 2.24) is 0 Å². The minimum Gasteiger partial charge on any atom is -0.363 e. The third kappa shape index (κ3) is 3.49. The zero-order valence-corrected chi connectivity index (χ0v) is 13.2. The summed E-state index contributed by atoms with van der Waals surface area (Å²) in [6.45, 7) is 3.07. The van der Waals surface area contributed by atoms with E-state index in [2.05, 4.69) is 4.90 Å². The Labute approximate surface area is 134 Å². The molecule has 0 amide bonds. The molecule has 0 saturated heterocycles. The smallest absolute Gasteiger partial charge is 0.123 e. The Morgan fingerprint density at radius 1 is 1.10 bits per heavy atom. The van der Waals surface area contributed by atoms with Gasteiger partial charge in [-0.1, -0.05) is 29.3 Å². The Morgan fingerprint density at radius 3 is 2.14 bits per heavy atom. The molecular weight excluding hydrogens is 310 g/mol. The van der Waals surface area contributed by atoms with Crippen LogP contribution in [0, 0.1) is 5.82 Å². The monoisotopic (exact) mass is 326 g/mol. The summed E-state index contributed by atoms with van der Waals surface area (Å²) in [6, 6.07) is 11.5. The Balaban J connectivity index is 2.45. The number of anilines is 1. The molecule has 0 fully saturated rings. The third-order valence-corrected chi connectivity index (χ3v) is 4.09. The standard InChI is InChI=1S/C16H17Cl2FN2/c1-2-21(12-8-6-11(19)7-9-12)15(10-20)16-13(17)4-3-5-14(16)18/h3-9,15H,2,10,20H2,1H3. The van der Waals surface area contributed by atoms with Crippen LogP contribution in [0.2, 0.25) is 10.0 Å². The molecule has 2 nitrogen and oxygen atoms in total. The van der Waals surface area contributed by atoms with Crippen molar-refractivity contribution in [3.8, 4) is 0 Å². The van der Waals surface area contributed by atoms with Crippen LogP contribution in [0.1, 0.15) is 18.5 Å². The second kappa shape index (κ2) is 7.12. The number of rotatable bonds is 5. The highest BCUT2D eigenvalue weighted by Gasteiger charge is 2.23. The summed E-state index contributed by atoms with van der Waals surface area (Å²) in [4.78, 5) is 2.06. The Morgan fingerprint density at radius 2 is 1.67 bits per heavy atom. The summed E-state index contributed by atoms with van der Waals surface area (Å²) >= 11 is 12.6. The minimum absolute atomic E-state index is 0.165. The zero-order valence-electron chi connectivity index (χ0n) is 11.7. The molecule has 21 heavy (non-hydrogen) atoms. The van der Waals surface area contributed by atoms with Gasteiger partial charge in [0.1, 0.15) is 5.82 Å². The van der Waals surface area contributed by atoms with Gasteiger partial charge in [-0.05, 0) is 43.3 Å². The van der Waals surface area contributed by atoms with E-state index in [9.17, 15) is 4.39 Å². The van der Waals surface area contributed by atoms with Crippen LogP contribution in [0.4, 0.5) is 10.1 Å². The molecule has 2 aromatic rings. The van der Waals surface area contributed by atoms with Crippen LogP contribution >= 0.6 is 23.2 Å². The Bertz CT molecular complexity index is 581. The van der Waals surface area contributed by atoms with Crippen LogP contribution in [0.3, 0.4) is 0 Å². The van der Waals surface area contributed by atoms with Gasteiger partial charge in [-0.15, -0.1) is 0 Å². The molecule has 0 aromatic heterocycles. The summed E-state index contributed by atoms with van der Waals surface area (Å²) in [7, 11) is 0. The number of benzene rings is 2. The van der Waals surface area contributed by atoms with Crippen molar-refractivity contribution in [2.24, 2.45) is 5.73 Å². The van der Waals surface area contributed by atoms with E-state index < -0.39 is 0 Å². The molecule has 2 aromatic carbocycles. The molecular formula is C16H17Cl2FN2. The normalized spacial score (nSPS) is 12.2. The van der Waals surface area contributed by atoms with Crippen molar-refractivity contribution in [2.45, 2.75) is 13.0 Å². The number of hydrogen-bond donors (Lipinski definition) is 1. The highest BCUT2D eigenvalue weighted by Crippen LogP contribution is 2.35. The Hall–Kier alpha value is -1.29. The highest BCUT2D eigenvalue weighted by atomic mass is 35.5. The van der Waals surface area contributed by atoms with Crippen molar-refractivity contribution < 1.29 is 4.39 Å². The summed E-state index contributed by atoms with van der Waals surface area (Å²) in [5.41, 5.74) is 7.63. The van der Waals surface area contributed by atoms with Crippen molar-refractivity contribution in [2.75, 3.05) is 18.0 Å². The second-order valence-corrected chi connectivity index (χ2v) is 5.46. The quantitative estimate of drug-likeness (QED) is 0.865. The van der Waals surface area contributed by atoms with Gasteiger partial charge in [-0.2, -0.15) is 0 Å². The van der Waals surface area contributed by atoms with Gasteiger partial charge in [0.2, 0.25) is 0 Å². The van der Waals surface area contributed by atoms with Crippen molar-refractivity contribution in [3.63, 3.8) is 0 Å². The molecule has 0 saturated carbocycles. The predicted octanol–water partition coefficient (Wildman–Crippen LogP) is 4.66. The van der Waals surface area contributed by atoms with E-state index in [0.29, 0.717) is 23.1 Å².